The van der Waals surface area contributed by atoms with Gasteiger partial charge in [-0.2, -0.15) is 5.12 Å². The molecule has 0 amide bonds. The van der Waals surface area contributed by atoms with Crippen LogP contribution in [0.4, 0.5) is 0 Å². The van der Waals surface area contributed by atoms with Crippen LogP contribution in [0.5, 0.6) is 0 Å². The van der Waals surface area contributed by atoms with Crippen molar-refractivity contribution >= 4 is 0 Å². The second-order valence-corrected chi connectivity index (χ2v) is 1.50. The van der Waals surface area contributed by atoms with Crippen LogP contribution in [0.15, 0.2) is 12.8 Å². The molecule has 48 valence electrons. The third kappa shape index (κ3) is 1.95. The molecule has 0 aromatic carbocycles. The topological polar surface area (TPSA) is 18.5 Å². The van der Waals surface area contributed by atoms with Gasteiger partial charge in [0.05, 0.1) is 0 Å². The zero-order valence-electron chi connectivity index (χ0n) is 5.68. The molecule has 1 N–H and O–H groups in total. The zero-order valence-corrected chi connectivity index (χ0v) is 5.68. The highest BCUT2D eigenvalue weighted by atomic mass is 15.8. The lowest BCUT2D eigenvalue weighted by Gasteiger charge is -2.24. The van der Waals surface area contributed by atoms with Gasteiger partial charge < -0.3 is 5.01 Å². The van der Waals surface area contributed by atoms with Crippen LogP contribution >= 0.6 is 0 Å². The van der Waals surface area contributed by atoms with E-state index in [0.717, 1.165) is 0 Å². The van der Waals surface area contributed by atoms with Gasteiger partial charge in [0.1, 0.15) is 0 Å². The van der Waals surface area contributed by atoms with Gasteiger partial charge in [-0.1, -0.05) is 6.58 Å². The van der Waals surface area contributed by atoms with E-state index in [9.17, 15) is 0 Å². The lowest BCUT2D eigenvalue weighted by atomic mass is 10.9. The van der Waals surface area contributed by atoms with Gasteiger partial charge in [0, 0.05) is 27.3 Å². The van der Waals surface area contributed by atoms with Crippen molar-refractivity contribution in [2.75, 3.05) is 21.1 Å². The van der Waals surface area contributed by atoms with Crippen molar-refractivity contribution in [2.24, 2.45) is 0 Å². The molecule has 0 aliphatic rings. The Kier molecular flexibility index (Phi) is 3.23. The highest BCUT2D eigenvalue weighted by Gasteiger charge is 1.91. The van der Waals surface area contributed by atoms with Crippen molar-refractivity contribution in [3.63, 3.8) is 0 Å². The average Bonchev–Trinajstić information content (AvgIpc) is 1.84. The smallest absolute Gasteiger partial charge is 0.0241 e. The lowest BCUT2D eigenvalue weighted by Crippen LogP contribution is -2.40. The molecular weight excluding hydrogens is 102 g/mol. The third-order valence-electron chi connectivity index (χ3n) is 1.06. The van der Waals surface area contributed by atoms with Gasteiger partial charge in [0.2, 0.25) is 0 Å². The van der Waals surface area contributed by atoms with Gasteiger partial charge in [0.25, 0.3) is 0 Å². The molecular formula is C5H13N3. The number of nitrogens with one attached hydrogen (secondary N) is 1. The van der Waals surface area contributed by atoms with Crippen LogP contribution in [-0.4, -0.2) is 31.3 Å². The molecule has 0 aliphatic heterocycles. The van der Waals surface area contributed by atoms with Gasteiger partial charge in [-0.15, -0.1) is 0 Å². The highest BCUT2D eigenvalue weighted by Crippen LogP contribution is 1.81. The number of rotatable bonds is 3. The number of hydrogen-bond acceptors (Lipinski definition) is 3. The predicted molar refractivity (Wildman–Crippen MR) is 34.8 cm³/mol. The molecule has 0 rings (SSSR count). The van der Waals surface area contributed by atoms with E-state index in [4.69, 9.17) is 0 Å². The summed E-state index contributed by atoms with van der Waals surface area (Å²) in [5.41, 5.74) is 2.90. The van der Waals surface area contributed by atoms with Crippen molar-refractivity contribution in [1.29, 1.82) is 0 Å². The van der Waals surface area contributed by atoms with Gasteiger partial charge in [-0.05, 0) is 0 Å². The van der Waals surface area contributed by atoms with Crippen LogP contribution in [0.1, 0.15) is 0 Å². The quantitative estimate of drug-likeness (QED) is 0.524. The molecule has 0 atom stereocenters. The first-order chi connectivity index (χ1) is 3.72. The first-order valence-corrected chi connectivity index (χ1v) is 2.48. The largest absolute Gasteiger partial charge is 0.304 e. The standard InChI is InChI=1S/C5H13N3/c1-5-7(3)8(4)6-2/h5-6H,1H2,2-4H3. The summed E-state index contributed by atoms with van der Waals surface area (Å²) in [6, 6.07) is 0. The fourth-order valence-corrected chi connectivity index (χ4v) is 0.280. The Morgan fingerprint density at radius 2 is 2.00 bits per heavy atom. The number of hydrogen-bond donors (Lipinski definition) is 1. The van der Waals surface area contributed by atoms with Gasteiger partial charge in [-0.3, -0.25) is 0 Å². The van der Waals surface area contributed by atoms with Gasteiger partial charge >= 0.3 is 0 Å². The van der Waals surface area contributed by atoms with E-state index in [1.807, 2.05) is 31.3 Å². The van der Waals surface area contributed by atoms with Crippen LogP contribution in [0.2, 0.25) is 0 Å². The summed E-state index contributed by atoms with van der Waals surface area (Å²) < 4.78 is 0. The van der Waals surface area contributed by atoms with Crippen LogP contribution in [0.3, 0.4) is 0 Å². The van der Waals surface area contributed by atoms with E-state index in [2.05, 4.69) is 12.0 Å². The maximum Gasteiger partial charge on any atom is 0.0241 e. The number of hydrazine groups is 2. The molecule has 3 heteroatoms. The van der Waals surface area contributed by atoms with Crippen molar-refractivity contribution in [1.82, 2.24) is 15.6 Å². The SMILES string of the molecule is C=CN(C)N(C)NC. The fourth-order valence-electron chi connectivity index (χ4n) is 0.280. The van der Waals surface area contributed by atoms with E-state index in [1.54, 1.807) is 6.20 Å². The first-order valence-electron chi connectivity index (χ1n) is 2.48. The Morgan fingerprint density at radius 3 is 2.12 bits per heavy atom. The van der Waals surface area contributed by atoms with Crippen molar-refractivity contribution in [2.45, 2.75) is 0 Å². The van der Waals surface area contributed by atoms with Crippen molar-refractivity contribution < 1.29 is 0 Å². The number of nitrogens with zero attached hydrogens (tertiary/aromatic N) is 2. The maximum absolute atomic E-state index is 3.57. The van der Waals surface area contributed by atoms with Gasteiger partial charge in [-0.25, -0.2) is 5.43 Å². The summed E-state index contributed by atoms with van der Waals surface area (Å²) in [7, 11) is 5.66. The molecule has 3 nitrogen and oxygen atoms in total. The summed E-state index contributed by atoms with van der Waals surface area (Å²) in [6.45, 7) is 3.57. The fraction of sp³-hybridized carbons (Fsp3) is 0.600. The molecule has 0 radical (unpaired) electrons. The Balaban J connectivity index is 3.44. The molecule has 0 aromatic rings. The molecule has 0 heterocycles. The second-order valence-electron chi connectivity index (χ2n) is 1.50. The first kappa shape index (κ1) is 7.46. The van der Waals surface area contributed by atoms with Crippen LogP contribution in [-0.2, 0) is 0 Å². The Morgan fingerprint density at radius 1 is 1.50 bits per heavy atom. The summed E-state index contributed by atoms with van der Waals surface area (Å²) >= 11 is 0. The van der Waals surface area contributed by atoms with Gasteiger partial charge in [0.15, 0.2) is 0 Å². The van der Waals surface area contributed by atoms with E-state index < -0.39 is 0 Å². The molecule has 0 aliphatic carbocycles. The molecule has 0 bridgehead atoms. The molecule has 0 saturated heterocycles. The van der Waals surface area contributed by atoms with Crippen LogP contribution in [0, 0.1) is 0 Å². The molecule has 0 spiro atoms. The minimum Gasteiger partial charge on any atom is -0.304 e. The molecule has 0 fully saturated rings. The molecule has 0 unspecified atom stereocenters. The average molecular weight is 115 g/mol. The van der Waals surface area contributed by atoms with E-state index >= 15 is 0 Å². The molecule has 0 saturated carbocycles. The second kappa shape index (κ2) is 3.46. The summed E-state index contributed by atoms with van der Waals surface area (Å²) in [4.78, 5) is 0. The summed E-state index contributed by atoms with van der Waals surface area (Å²) in [5, 5.41) is 3.65. The monoisotopic (exact) mass is 115 g/mol. The predicted octanol–water partition coefficient (Wildman–Crippen LogP) is 0.0429. The highest BCUT2D eigenvalue weighted by molar-refractivity contribution is 4.60. The van der Waals surface area contributed by atoms with E-state index in [-0.39, 0.29) is 0 Å². The van der Waals surface area contributed by atoms with Crippen molar-refractivity contribution in [3.05, 3.63) is 12.8 Å². The third-order valence-corrected chi connectivity index (χ3v) is 1.06. The van der Waals surface area contributed by atoms with Crippen molar-refractivity contribution in [3.8, 4) is 0 Å². The normalized spacial score (nSPS) is 9.50. The van der Waals surface area contributed by atoms with E-state index in [0.29, 0.717) is 0 Å². The zero-order chi connectivity index (χ0) is 6.57. The molecule has 8 heavy (non-hydrogen) atoms. The maximum atomic E-state index is 3.57. The Labute approximate surface area is 50.5 Å². The summed E-state index contributed by atoms with van der Waals surface area (Å²) in [5.74, 6) is 0. The molecule has 0 aromatic heterocycles. The van der Waals surface area contributed by atoms with Crippen LogP contribution in [0.25, 0.3) is 0 Å². The lowest BCUT2D eigenvalue weighted by molar-refractivity contribution is 0.0323. The summed E-state index contributed by atoms with van der Waals surface area (Å²) in [6.07, 6.45) is 1.72. The Hall–Kier alpha value is -0.540. The Bertz CT molecular complexity index is 72.1. The van der Waals surface area contributed by atoms with Crippen LogP contribution < -0.4 is 5.43 Å². The minimum absolute atomic E-state index is 1.72. The van der Waals surface area contributed by atoms with E-state index in [1.165, 1.54) is 0 Å². The minimum atomic E-state index is 1.72.